The quantitative estimate of drug-likeness (QED) is 0.522. The minimum Gasteiger partial charge on any atom is -0.384 e. The average Bonchev–Trinajstić information content (AvgIpc) is 2.94. The summed E-state index contributed by atoms with van der Waals surface area (Å²) in [5.74, 6) is 0. The molecule has 0 amide bonds. The molecule has 0 unspecified atom stereocenters. The summed E-state index contributed by atoms with van der Waals surface area (Å²) in [5.41, 5.74) is 5.73. The normalized spacial score (nSPS) is 16.9. The van der Waals surface area contributed by atoms with Crippen LogP contribution in [-0.4, -0.2) is 21.3 Å². The molecule has 32 heavy (non-hydrogen) atoms. The highest BCUT2D eigenvalue weighted by Gasteiger charge is 2.40. The molecule has 0 saturated heterocycles. The third kappa shape index (κ3) is 5.00. The molecule has 0 saturated carbocycles. The topological polar surface area (TPSA) is 20.2 Å². The predicted molar refractivity (Wildman–Crippen MR) is 148 cm³/mol. The molecule has 3 heteroatoms. The molecule has 2 aromatic carbocycles. The van der Waals surface area contributed by atoms with Crippen molar-refractivity contribution in [2.24, 2.45) is 0 Å². The zero-order valence-corrected chi connectivity index (χ0v) is 24.7. The third-order valence-corrected chi connectivity index (χ3v) is 11.4. The Morgan fingerprint density at radius 2 is 0.969 bits per heavy atom. The van der Waals surface area contributed by atoms with Crippen molar-refractivity contribution in [1.82, 2.24) is 0 Å². The highest BCUT2D eigenvalue weighted by Crippen LogP contribution is 2.41. The number of aliphatic hydroxyl groups is 1. The van der Waals surface area contributed by atoms with Gasteiger partial charge < -0.3 is 5.11 Å². The van der Waals surface area contributed by atoms with E-state index in [0.717, 1.165) is 18.4 Å². The van der Waals surface area contributed by atoms with Crippen molar-refractivity contribution >= 4 is 26.5 Å². The largest absolute Gasteiger partial charge is 0.384 e. The first-order valence-corrected chi connectivity index (χ1v) is 19.3. The summed E-state index contributed by atoms with van der Waals surface area (Å²) < 4.78 is 0. The van der Waals surface area contributed by atoms with Gasteiger partial charge in [0, 0.05) is 12.8 Å². The van der Waals surface area contributed by atoms with E-state index in [9.17, 15) is 5.11 Å². The van der Waals surface area contributed by atoms with Crippen molar-refractivity contribution in [2.75, 3.05) is 0 Å². The highest BCUT2D eigenvalue weighted by molar-refractivity contribution is 6.98. The number of fused-ring (bicyclic) bond motifs is 1. The smallest absolute Gasteiger partial charge is 0.0977 e. The molecule has 0 heterocycles. The van der Waals surface area contributed by atoms with Crippen LogP contribution >= 0.6 is 0 Å². The second-order valence-electron chi connectivity index (χ2n) is 14.4. The van der Waals surface area contributed by atoms with Gasteiger partial charge in [-0.2, -0.15) is 0 Å². The molecule has 0 radical (unpaired) electrons. The summed E-state index contributed by atoms with van der Waals surface area (Å²) in [4.78, 5) is 0. The van der Waals surface area contributed by atoms with E-state index in [1.165, 1.54) is 22.3 Å². The molecule has 0 fully saturated rings. The van der Waals surface area contributed by atoms with Crippen molar-refractivity contribution in [3.8, 4) is 0 Å². The van der Waals surface area contributed by atoms with Gasteiger partial charge in [0.25, 0.3) is 0 Å². The summed E-state index contributed by atoms with van der Waals surface area (Å²) in [6, 6.07) is 11.9. The van der Waals surface area contributed by atoms with Gasteiger partial charge in [0.2, 0.25) is 0 Å². The molecule has 0 aliphatic heterocycles. The zero-order chi connectivity index (χ0) is 24.5. The third-order valence-electron chi connectivity index (χ3n) is 7.12. The van der Waals surface area contributed by atoms with Crippen LogP contribution in [0.2, 0.25) is 39.3 Å². The molecule has 0 bridgehead atoms. The van der Waals surface area contributed by atoms with Crippen LogP contribution < -0.4 is 10.4 Å². The van der Waals surface area contributed by atoms with Gasteiger partial charge in [0.1, 0.15) is 0 Å². The second kappa shape index (κ2) is 7.68. The van der Waals surface area contributed by atoms with Crippen LogP contribution in [-0.2, 0) is 29.3 Å². The first-order chi connectivity index (χ1) is 14.2. The van der Waals surface area contributed by atoms with E-state index in [0.29, 0.717) is 0 Å². The van der Waals surface area contributed by atoms with E-state index >= 15 is 0 Å². The molecule has 3 rings (SSSR count). The van der Waals surface area contributed by atoms with Crippen LogP contribution in [0.15, 0.2) is 30.3 Å². The lowest BCUT2D eigenvalue weighted by atomic mass is 9.77. The molecule has 176 valence electrons. The van der Waals surface area contributed by atoms with Crippen molar-refractivity contribution in [3.63, 3.8) is 0 Å². The van der Waals surface area contributed by atoms with Crippen LogP contribution in [0.3, 0.4) is 0 Å². The molecule has 1 N–H and O–H groups in total. The number of rotatable bonds is 3. The maximum atomic E-state index is 12.1. The molecule has 2 aromatic rings. The van der Waals surface area contributed by atoms with Gasteiger partial charge in [0.15, 0.2) is 0 Å². The van der Waals surface area contributed by atoms with Gasteiger partial charge in [-0.25, -0.2) is 0 Å². The van der Waals surface area contributed by atoms with Gasteiger partial charge in [-0.3, -0.25) is 0 Å². The van der Waals surface area contributed by atoms with E-state index in [1.54, 1.807) is 10.4 Å². The molecule has 0 aromatic heterocycles. The number of hydrogen-bond acceptors (Lipinski definition) is 1. The van der Waals surface area contributed by atoms with Crippen LogP contribution in [0.25, 0.3) is 0 Å². The summed E-state index contributed by atoms with van der Waals surface area (Å²) >= 11 is 0. The first kappa shape index (κ1) is 25.5. The number of hydrogen-bond donors (Lipinski definition) is 1. The van der Waals surface area contributed by atoms with Crippen LogP contribution in [0.4, 0.5) is 0 Å². The Bertz CT molecular complexity index is 946. The summed E-state index contributed by atoms with van der Waals surface area (Å²) in [6.07, 6.45) is 1.45. The molecular formula is C29H46OSi2. The molecular weight excluding hydrogens is 420 g/mol. The fourth-order valence-corrected chi connectivity index (χ4v) is 10.1. The lowest BCUT2D eigenvalue weighted by Crippen LogP contribution is -2.56. The summed E-state index contributed by atoms with van der Waals surface area (Å²) in [6.45, 7) is 28.4. The summed E-state index contributed by atoms with van der Waals surface area (Å²) in [5, 5.41) is 15.3. The Morgan fingerprint density at radius 3 is 1.25 bits per heavy atom. The minimum atomic E-state index is -1.47. The molecule has 0 atom stereocenters. The van der Waals surface area contributed by atoms with Gasteiger partial charge >= 0.3 is 0 Å². The Morgan fingerprint density at radius 1 is 0.625 bits per heavy atom. The second-order valence-corrected chi connectivity index (χ2v) is 24.4. The molecule has 1 aliphatic carbocycles. The summed E-state index contributed by atoms with van der Waals surface area (Å²) in [7, 11) is -2.94. The lowest BCUT2D eigenvalue weighted by molar-refractivity contribution is 0.0479. The molecule has 1 nitrogen and oxygen atoms in total. The van der Waals surface area contributed by atoms with Gasteiger partial charge in [-0.1, -0.05) is 122 Å². The van der Waals surface area contributed by atoms with E-state index in [-0.39, 0.29) is 10.8 Å². The highest BCUT2D eigenvalue weighted by atomic mass is 28.3. The van der Waals surface area contributed by atoms with E-state index in [4.69, 9.17) is 0 Å². The maximum Gasteiger partial charge on any atom is 0.0977 e. The van der Waals surface area contributed by atoms with Crippen molar-refractivity contribution < 1.29 is 5.11 Å². The first-order valence-electron chi connectivity index (χ1n) is 12.3. The van der Waals surface area contributed by atoms with E-state index < -0.39 is 21.7 Å². The SMILES string of the molecule is CC(C)(C)c1cc(C(C)(C)C)cc(C2(O)Cc3cc([Si](C)(C)C)c([Si](C)(C)C)cc3C2)c1. The standard InChI is InChI=1S/C29H46OSi2/c1-27(2,3)22-15-23(28(4,5)6)17-24(16-22)29(30)18-20-13-25(31(7,8)9)26(32(10,11)12)14-21(20)19-29/h13-17,30H,18-19H2,1-12H3. The van der Waals surface area contributed by atoms with Crippen LogP contribution in [0, 0.1) is 0 Å². The molecule has 1 aliphatic rings. The predicted octanol–water partition coefficient (Wildman–Crippen LogP) is 6.36. The van der Waals surface area contributed by atoms with E-state index in [1.807, 2.05) is 0 Å². The fourth-order valence-electron chi connectivity index (χ4n) is 4.92. The fraction of sp³-hybridized carbons (Fsp3) is 0.586. The Labute approximate surface area is 199 Å². The van der Waals surface area contributed by atoms with Crippen LogP contribution in [0.5, 0.6) is 0 Å². The maximum absolute atomic E-state index is 12.1. The van der Waals surface area contributed by atoms with Crippen LogP contribution in [0.1, 0.15) is 69.4 Å². The Kier molecular flexibility index (Phi) is 6.11. The zero-order valence-electron chi connectivity index (χ0n) is 22.7. The van der Waals surface area contributed by atoms with Gasteiger partial charge in [0.05, 0.1) is 21.7 Å². The van der Waals surface area contributed by atoms with Crippen molar-refractivity contribution in [1.29, 1.82) is 0 Å². The average molecular weight is 467 g/mol. The minimum absolute atomic E-state index is 0.0494. The Hall–Kier alpha value is -1.17. The van der Waals surface area contributed by atoms with E-state index in [2.05, 4.69) is 111 Å². The van der Waals surface area contributed by atoms with Crippen molar-refractivity contribution in [3.05, 3.63) is 58.1 Å². The lowest BCUT2D eigenvalue weighted by Gasteiger charge is -2.30. The van der Waals surface area contributed by atoms with Crippen molar-refractivity contribution in [2.45, 2.75) is 110 Å². The van der Waals surface area contributed by atoms with Gasteiger partial charge in [-0.15, -0.1) is 0 Å². The Balaban J connectivity index is 2.16. The number of benzene rings is 2. The molecule has 0 spiro atoms. The van der Waals surface area contributed by atoms with Gasteiger partial charge in [-0.05, 0) is 38.6 Å². The monoisotopic (exact) mass is 466 g/mol.